The Morgan fingerprint density at radius 2 is 2.32 bits per heavy atom. The minimum absolute atomic E-state index is 0.267. The SMILES string of the molecule is COc1cc(/C(Cn2cncn2)=N/O)cc2c1OC(C)(C)C2. The smallest absolute Gasteiger partial charge is 0.165 e. The first-order chi connectivity index (χ1) is 10.5. The number of hydrogen-bond donors (Lipinski definition) is 1. The molecule has 1 aliphatic heterocycles. The lowest BCUT2D eigenvalue weighted by atomic mass is 9.98. The van der Waals surface area contributed by atoms with Gasteiger partial charge in [0.05, 0.1) is 13.7 Å². The normalized spacial score (nSPS) is 16.2. The zero-order valence-corrected chi connectivity index (χ0v) is 12.8. The maximum absolute atomic E-state index is 9.35. The molecule has 1 N–H and O–H groups in total. The van der Waals surface area contributed by atoms with Crippen molar-refractivity contribution in [3.05, 3.63) is 35.9 Å². The van der Waals surface area contributed by atoms with Gasteiger partial charge in [-0.1, -0.05) is 5.16 Å². The molecule has 2 heterocycles. The van der Waals surface area contributed by atoms with Gasteiger partial charge in [0.2, 0.25) is 0 Å². The van der Waals surface area contributed by atoms with Gasteiger partial charge in [-0.3, -0.25) is 0 Å². The Balaban J connectivity index is 1.98. The predicted octanol–water partition coefficient (Wildman–Crippen LogP) is 1.88. The van der Waals surface area contributed by atoms with E-state index in [-0.39, 0.29) is 5.60 Å². The van der Waals surface area contributed by atoms with Crippen LogP contribution >= 0.6 is 0 Å². The first-order valence-electron chi connectivity index (χ1n) is 6.96. The average Bonchev–Trinajstić information content (AvgIpc) is 3.08. The molecular weight excluding hydrogens is 284 g/mol. The molecular formula is C15H18N4O3. The summed E-state index contributed by atoms with van der Waals surface area (Å²) in [6.45, 7) is 4.38. The third-order valence-electron chi connectivity index (χ3n) is 3.58. The summed E-state index contributed by atoms with van der Waals surface area (Å²) in [4.78, 5) is 3.88. The van der Waals surface area contributed by atoms with Crippen LogP contribution in [0.1, 0.15) is 25.0 Å². The van der Waals surface area contributed by atoms with E-state index in [0.717, 1.165) is 23.3 Å². The number of methoxy groups -OCH3 is 1. The van der Waals surface area contributed by atoms with Gasteiger partial charge in [0.25, 0.3) is 0 Å². The van der Waals surface area contributed by atoms with Crippen LogP contribution in [0.4, 0.5) is 0 Å². The fraction of sp³-hybridized carbons (Fsp3) is 0.400. The Kier molecular flexibility index (Phi) is 3.48. The van der Waals surface area contributed by atoms with Gasteiger partial charge >= 0.3 is 0 Å². The summed E-state index contributed by atoms with van der Waals surface area (Å²) in [5.74, 6) is 1.40. The van der Waals surface area contributed by atoms with Crippen molar-refractivity contribution in [1.82, 2.24) is 14.8 Å². The molecule has 0 saturated carbocycles. The molecule has 0 amide bonds. The van der Waals surface area contributed by atoms with Gasteiger partial charge in [-0.05, 0) is 26.0 Å². The van der Waals surface area contributed by atoms with E-state index in [1.54, 1.807) is 18.1 Å². The van der Waals surface area contributed by atoms with Crippen molar-refractivity contribution in [3.63, 3.8) is 0 Å². The third kappa shape index (κ3) is 2.61. The lowest BCUT2D eigenvalue weighted by Crippen LogP contribution is -2.24. The van der Waals surface area contributed by atoms with E-state index in [1.165, 1.54) is 6.33 Å². The number of nitrogens with zero attached hydrogens (tertiary/aromatic N) is 4. The van der Waals surface area contributed by atoms with Crippen molar-refractivity contribution in [1.29, 1.82) is 0 Å². The van der Waals surface area contributed by atoms with E-state index in [0.29, 0.717) is 18.0 Å². The summed E-state index contributed by atoms with van der Waals surface area (Å²) in [6.07, 6.45) is 3.78. The van der Waals surface area contributed by atoms with Crippen molar-refractivity contribution in [2.24, 2.45) is 5.16 Å². The minimum Gasteiger partial charge on any atom is -0.493 e. The highest BCUT2D eigenvalue weighted by atomic mass is 16.5. The Bertz CT molecular complexity index is 708. The highest BCUT2D eigenvalue weighted by molar-refractivity contribution is 6.00. The van der Waals surface area contributed by atoms with Gasteiger partial charge in [-0.2, -0.15) is 5.10 Å². The van der Waals surface area contributed by atoms with Crippen LogP contribution in [-0.4, -0.2) is 38.4 Å². The Morgan fingerprint density at radius 1 is 1.50 bits per heavy atom. The second-order valence-electron chi connectivity index (χ2n) is 5.85. The Morgan fingerprint density at radius 3 is 2.95 bits per heavy atom. The molecule has 2 aromatic rings. The largest absolute Gasteiger partial charge is 0.493 e. The molecule has 0 radical (unpaired) electrons. The van der Waals surface area contributed by atoms with Gasteiger partial charge in [-0.25, -0.2) is 9.67 Å². The zero-order valence-electron chi connectivity index (χ0n) is 12.8. The fourth-order valence-electron chi connectivity index (χ4n) is 2.64. The van der Waals surface area contributed by atoms with Crippen molar-refractivity contribution < 1.29 is 14.7 Å². The quantitative estimate of drug-likeness (QED) is 0.530. The first-order valence-corrected chi connectivity index (χ1v) is 6.96. The van der Waals surface area contributed by atoms with E-state index in [4.69, 9.17) is 9.47 Å². The molecule has 0 aliphatic carbocycles. The molecule has 3 rings (SSSR count). The van der Waals surface area contributed by atoms with Gasteiger partial charge in [0, 0.05) is 17.5 Å². The van der Waals surface area contributed by atoms with Gasteiger partial charge in [0.15, 0.2) is 11.5 Å². The van der Waals surface area contributed by atoms with Crippen LogP contribution in [0, 0.1) is 0 Å². The van der Waals surface area contributed by atoms with Crippen molar-refractivity contribution in [2.75, 3.05) is 7.11 Å². The van der Waals surface area contributed by atoms with Crippen LogP contribution < -0.4 is 9.47 Å². The summed E-state index contributed by atoms with van der Waals surface area (Å²) >= 11 is 0. The monoisotopic (exact) mass is 302 g/mol. The van der Waals surface area contributed by atoms with Crippen molar-refractivity contribution in [2.45, 2.75) is 32.4 Å². The minimum atomic E-state index is -0.267. The molecule has 7 nitrogen and oxygen atoms in total. The highest BCUT2D eigenvalue weighted by Gasteiger charge is 2.33. The topological polar surface area (TPSA) is 81.8 Å². The number of ether oxygens (including phenoxy) is 2. The van der Waals surface area contributed by atoms with E-state index in [9.17, 15) is 5.21 Å². The second-order valence-corrected chi connectivity index (χ2v) is 5.85. The van der Waals surface area contributed by atoms with Gasteiger partial charge in [-0.15, -0.1) is 0 Å². The summed E-state index contributed by atoms with van der Waals surface area (Å²) in [5, 5.41) is 16.8. The molecule has 1 aromatic carbocycles. The van der Waals surface area contributed by atoms with E-state index >= 15 is 0 Å². The number of hydrogen-bond acceptors (Lipinski definition) is 6. The maximum atomic E-state index is 9.35. The number of aromatic nitrogens is 3. The molecule has 0 fully saturated rings. The van der Waals surface area contributed by atoms with E-state index in [1.807, 2.05) is 26.0 Å². The molecule has 22 heavy (non-hydrogen) atoms. The lowest BCUT2D eigenvalue weighted by Gasteiger charge is -2.17. The molecule has 0 saturated heterocycles. The Labute approximate surface area is 128 Å². The number of oxime groups is 1. The third-order valence-corrected chi connectivity index (χ3v) is 3.58. The molecule has 116 valence electrons. The summed E-state index contributed by atoms with van der Waals surface area (Å²) in [7, 11) is 1.60. The summed E-state index contributed by atoms with van der Waals surface area (Å²) < 4.78 is 13.0. The fourth-order valence-corrected chi connectivity index (χ4v) is 2.64. The lowest BCUT2D eigenvalue weighted by molar-refractivity contribution is 0.134. The molecule has 1 aromatic heterocycles. The molecule has 0 atom stereocenters. The standard InChI is InChI=1S/C15H18N4O3/c1-15(2)6-11-4-10(5-13(21-3)14(11)22-15)12(18-20)7-19-9-16-8-17-19/h4-5,8-9,20H,6-7H2,1-3H3/b18-12+. The zero-order chi connectivity index (χ0) is 15.7. The Hall–Kier alpha value is -2.57. The van der Waals surface area contributed by atoms with Crippen molar-refractivity contribution in [3.8, 4) is 11.5 Å². The highest BCUT2D eigenvalue weighted by Crippen LogP contribution is 2.42. The van der Waals surface area contributed by atoms with Crippen LogP contribution in [0.5, 0.6) is 11.5 Å². The average molecular weight is 302 g/mol. The first kappa shape index (κ1) is 14.4. The summed E-state index contributed by atoms with van der Waals surface area (Å²) in [5.41, 5.74) is 2.03. The summed E-state index contributed by atoms with van der Waals surface area (Å²) in [6, 6.07) is 3.78. The molecule has 0 bridgehead atoms. The van der Waals surface area contributed by atoms with E-state index < -0.39 is 0 Å². The maximum Gasteiger partial charge on any atom is 0.165 e. The van der Waals surface area contributed by atoms with Gasteiger partial charge < -0.3 is 14.7 Å². The molecule has 0 spiro atoms. The molecule has 7 heteroatoms. The molecule has 1 aliphatic rings. The predicted molar refractivity (Wildman–Crippen MR) is 79.8 cm³/mol. The number of benzene rings is 1. The van der Waals surface area contributed by atoms with Crippen LogP contribution in [0.3, 0.4) is 0 Å². The second kappa shape index (κ2) is 5.32. The van der Waals surface area contributed by atoms with Crippen LogP contribution in [0.2, 0.25) is 0 Å². The van der Waals surface area contributed by atoms with Crippen LogP contribution in [0.25, 0.3) is 0 Å². The van der Waals surface area contributed by atoms with Crippen molar-refractivity contribution >= 4 is 5.71 Å². The number of fused-ring (bicyclic) bond motifs is 1. The number of rotatable bonds is 4. The van der Waals surface area contributed by atoms with Crippen LogP contribution in [0.15, 0.2) is 29.9 Å². The van der Waals surface area contributed by atoms with Gasteiger partial charge in [0.1, 0.15) is 24.0 Å². The van der Waals surface area contributed by atoms with E-state index in [2.05, 4.69) is 15.2 Å². The van der Waals surface area contributed by atoms with Crippen LogP contribution in [-0.2, 0) is 13.0 Å². The molecule has 0 unspecified atom stereocenters.